The van der Waals surface area contributed by atoms with E-state index in [1.807, 2.05) is 0 Å². The van der Waals surface area contributed by atoms with Gasteiger partial charge in [-0.15, -0.1) is 0 Å². The van der Waals surface area contributed by atoms with E-state index in [0.717, 1.165) is 0 Å². The monoisotopic (exact) mass is 276 g/mol. The predicted octanol–water partition coefficient (Wildman–Crippen LogP) is 2.64. The van der Waals surface area contributed by atoms with E-state index < -0.39 is 18.0 Å². The maximum absolute atomic E-state index is 13.4. The lowest BCUT2D eigenvalue weighted by molar-refractivity contribution is -0.0112. The van der Waals surface area contributed by atoms with Gasteiger partial charge < -0.3 is 10.2 Å². The van der Waals surface area contributed by atoms with E-state index in [0.29, 0.717) is 4.47 Å². The highest BCUT2D eigenvalue weighted by atomic mass is 79.9. The van der Waals surface area contributed by atoms with Gasteiger partial charge in [0.15, 0.2) is 0 Å². The molecule has 2 atom stereocenters. The van der Waals surface area contributed by atoms with Crippen molar-refractivity contribution in [2.24, 2.45) is 5.92 Å². The molecule has 1 rings (SSSR count). The molecule has 0 aromatic heterocycles. The Morgan fingerprint density at radius 1 is 1.27 bits per heavy atom. The van der Waals surface area contributed by atoms with E-state index in [9.17, 15) is 14.6 Å². The first-order valence-electron chi connectivity index (χ1n) is 4.74. The predicted molar refractivity (Wildman–Crippen MR) is 59.9 cm³/mol. The van der Waals surface area contributed by atoms with E-state index >= 15 is 0 Å². The first-order chi connectivity index (χ1) is 6.93. The Morgan fingerprint density at radius 2 is 1.87 bits per heavy atom. The van der Waals surface area contributed by atoms with Gasteiger partial charge in [-0.05, 0) is 24.1 Å². The Bertz CT molecular complexity index is 341. The number of hydrogen-bond acceptors (Lipinski definition) is 2. The number of aliphatic hydroxyl groups excluding tert-OH is 2. The summed E-state index contributed by atoms with van der Waals surface area (Å²) in [5.41, 5.74) is 0.116. The summed E-state index contributed by atoms with van der Waals surface area (Å²) in [7, 11) is 0. The highest BCUT2D eigenvalue weighted by Gasteiger charge is 2.24. The van der Waals surface area contributed by atoms with Crippen LogP contribution in [0.3, 0.4) is 0 Å². The molecule has 0 amide bonds. The lowest BCUT2D eigenvalue weighted by Gasteiger charge is -2.21. The second kappa shape index (κ2) is 5.05. The summed E-state index contributed by atoms with van der Waals surface area (Å²) in [5.74, 6) is -0.635. The van der Waals surface area contributed by atoms with Crippen LogP contribution in [0.4, 0.5) is 4.39 Å². The molecule has 2 N–H and O–H groups in total. The molecule has 0 heterocycles. The minimum atomic E-state index is -1.19. The molecule has 15 heavy (non-hydrogen) atoms. The molecule has 84 valence electrons. The van der Waals surface area contributed by atoms with Gasteiger partial charge in [0.05, 0.1) is 6.10 Å². The molecule has 0 aliphatic rings. The van der Waals surface area contributed by atoms with Gasteiger partial charge >= 0.3 is 0 Å². The van der Waals surface area contributed by atoms with Crippen molar-refractivity contribution in [1.29, 1.82) is 0 Å². The molecule has 0 spiro atoms. The Morgan fingerprint density at radius 3 is 2.40 bits per heavy atom. The van der Waals surface area contributed by atoms with E-state index in [4.69, 9.17) is 0 Å². The molecule has 0 aliphatic heterocycles. The van der Waals surface area contributed by atoms with Crippen molar-refractivity contribution < 1.29 is 14.6 Å². The van der Waals surface area contributed by atoms with Crippen LogP contribution < -0.4 is 0 Å². The van der Waals surface area contributed by atoms with Crippen molar-refractivity contribution in [2.45, 2.75) is 26.1 Å². The molecule has 0 saturated heterocycles. The van der Waals surface area contributed by atoms with Gasteiger partial charge in [-0.25, -0.2) is 4.39 Å². The SMILES string of the molecule is CC(C)C(O)C(O)c1cc(Br)ccc1F. The van der Waals surface area contributed by atoms with Gasteiger partial charge in [-0.1, -0.05) is 29.8 Å². The molecule has 0 saturated carbocycles. The lowest BCUT2D eigenvalue weighted by atomic mass is 9.96. The van der Waals surface area contributed by atoms with E-state index in [1.54, 1.807) is 19.9 Å². The quantitative estimate of drug-likeness (QED) is 0.891. The zero-order valence-electron chi connectivity index (χ0n) is 8.61. The molecular formula is C11H14BrFO2. The van der Waals surface area contributed by atoms with E-state index in [2.05, 4.69) is 15.9 Å². The molecule has 2 unspecified atom stereocenters. The van der Waals surface area contributed by atoms with Crippen LogP contribution in [-0.4, -0.2) is 16.3 Å². The fourth-order valence-electron chi connectivity index (χ4n) is 1.29. The van der Waals surface area contributed by atoms with Crippen LogP contribution in [-0.2, 0) is 0 Å². The summed E-state index contributed by atoms with van der Waals surface area (Å²) in [6.07, 6.45) is -2.16. The highest BCUT2D eigenvalue weighted by molar-refractivity contribution is 9.10. The van der Waals surface area contributed by atoms with Gasteiger partial charge in [-0.3, -0.25) is 0 Å². The Balaban J connectivity index is 2.99. The fourth-order valence-corrected chi connectivity index (χ4v) is 1.67. The van der Waals surface area contributed by atoms with Gasteiger partial charge in [0.2, 0.25) is 0 Å². The molecule has 1 aromatic rings. The van der Waals surface area contributed by atoms with Gasteiger partial charge in [0, 0.05) is 10.0 Å². The van der Waals surface area contributed by atoms with Crippen LogP contribution in [0.5, 0.6) is 0 Å². The largest absolute Gasteiger partial charge is 0.390 e. The fraction of sp³-hybridized carbons (Fsp3) is 0.455. The van der Waals surface area contributed by atoms with Crippen LogP contribution in [0.15, 0.2) is 22.7 Å². The van der Waals surface area contributed by atoms with Crippen molar-refractivity contribution in [3.05, 3.63) is 34.1 Å². The van der Waals surface area contributed by atoms with Crippen LogP contribution in [0.2, 0.25) is 0 Å². The van der Waals surface area contributed by atoms with Gasteiger partial charge in [0.1, 0.15) is 11.9 Å². The number of rotatable bonds is 3. The van der Waals surface area contributed by atoms with E-state index in [1.165, 1.54) is 12.1 Å². The summed E-state index contributed by atoms with van der Waals surface area (Å²) >= 11 is 3.19. The van der Waals surface area contributed by atoms with Crippen molar-refractivity contribution in [3.8, 4) is 0 Å². The molecule has 0 aliphatic carbocycles. The summed E-state index contributed by atoms with van der Waals surface area (Å²) in [6.45, 7) is 3.54. The van der Waals surface area contributed by atoms with Gasteiger partial charge in [-0.2, -0.15) is 0 Å². The Hall–Kier alpha value is -0.450. The highest BCUT2D eigenvalue weighted by Crippen LogP contribution is 2.26. The topological polar surface area (TPSA) is 40.5 Å². The van der Waals surface area contributed by atoms with Crippen molar-refractivity contribution in [3.63, 3.8) is 0 Å². The number of halogens is 2. The second-order valence-corrected chi connectivity index (χ2v) is 4.76. The number of benzene rings is 1. The minimum Gasteiger partial charge on any atom is -0.390 e. The standard InChI is InChI=1S/C11H14BrFO2/c1-6(2)10(14)11(15)8-5-7(12)3-4-9(8)13/h3-6,10-11,14-15H,1-2H3. The summed E-state index contributed by atoms with van der Waals surface area (Å²) in [4.78, 5) is 0. The third-order valence-electron chi connectivity index (χ3n) is 2.28. The molecule has 4 heteroatoms. The van der Waals surface area contributed by atoms with E-state index in [-0.39, 0.29) is 11.5 Å². The summed E-state index contributed by atoms with van der Waals surface area (Å²) in [5, 5.41) is 19.4. The molecule has 2 nitrogen and oxygen atoms in total. The molecule has 0 radical (unpaired) electrons. The first-order valence-corrected chi connectivity index (χ1v) is 5.54. The number of aliphatic hydroxyl groups is 2. The molecule has 1 aromatic carbocycles. The number of hydrogen-bond donors (Lipinski definition) is 2. The summed E-state index contributed by atoms with van der Waals surface area (Å²) < 4.78 is 14.0. The third kappa shape index (κ3) is 3.00. The zero-order valence-corrected chi connectivity index (χ0v) is 10.2. The second-order valence-electron chi connectivity index (χ2n) is 3.85. The summed E-state index contributed by atoms with van der Waals surface area (Å²) in [6, 6.07) is 4.29. The maximum atomic E-state index is 13.4. The molecule has 0 bridgehead atoms. The van der Waals surface area contributed by atoms with Crippen LogP contribution in [0.25, 0.3) is 0 Å². The van der Waals surface area contributed by atoms with Crippen molar-refractivity contribution in [2.75, 3.05) is 0 Å². The van der Waals surface area contributed by atoms with Crippen LogP contribution >= 0.6 is 15.9 Å². The van der Waals surface area contributed by atoms with Crippen LogP contribution in [0.1, 0.15) is 25.5 Å². The van der Waals surface area contributed by atoms with Crippen molar-refractivity contribution >= 4 is 15.9 Å². The van der Waals surface area contributed by atoms with Gasteiger partial charge in [0.25, 0.3) is 0 Å². The molecule has 0 fully saturated rings. The maximum Gasteiger partial charge on any atom is 0.129 e. The third-order valence-corrected chi connectivity index (χ3v) is 2.78. The van der Waals surface area contributed by atoms with Crippen molar-refractivity contribution in [1.82, 2.24) is 0 Å². The Kier molecular flexibility index (Phi) is 4.25. The normalized spacial score (nSPS) is 15.4. The Labute approximate surface area is 96.9 Å². The first kappa shape index (κ1) is 12.6. The average molecular weight is 277 g/mol. The van der Waals surface area contributed by atoms with Crippen LogP contribution in [0, 0.1) is 11.7 Å². The zero-order chi connectivity index (χ0) is 11.6. The molecular weight excluding hydrogens is 263 g/mol. The lowest BCUT2D eigenvalue weighted by Crippen LogP contribution is -2.24. The minimum absolute atomic E-state index is 0.116. The average Bonchev–Trinajstić information content (AvgIpc) is 2.19. The smallest absolute Gasteiger partial charge is 0.129 e.